The number of benzene rings is 4. The second kappa shape index (κ2) is 39.7. The first-order chi connectivity index (χ1) is 63.2. The zero-order chi connectivity index (χ0) is 90.4. The SMILES string of the molecule is Clc1nncc2cnccc12.Fc1ccccc1-c1cc(-c2nncc3cnccc23)c2cccnc2n1.Nc1nccc2c(-c3cc(-c4ccccc4F)nc4ncccc34)nncc12.O=P(Cl)(Cl)Cl.O=c1[nH]ncc2cnccc12.OB(O)c1cc(-c2ccccc2F)nc2ncccc12.[O-][n+]1ccc2c(-c3cc(-c4ccccc4F)nc4ncccc34)nncc2c1. The van der Waals surface area contributed by atoms with Crippen molar-refractivity contribution in [2.75, 3.05) is 5.73 Å². The first-order valence-corrected chi connectivity index (χ1v) is 43.3. The number of rotatable bonds is 8. The summed E-state index contributed by atoms with van der Waals surface area (Å²) in [6.45, 7) is 0. The van der Waals surface area contributed by atoms with E-state index in [9.17, 15) is 42.2 Å². The molecule has 0 aliphatic carbocycles. The van der Waals surface area contributed by atoms with Gasteiger partial charge in [0, 0.05) is 178 Å². The van der Waals surface area contributed by atoms with Crippen LogP contribution in [0.5, 0.6) is 0 Å². The van der Waals surface area contributed by atoms with Gasteiger partial charge in [0.1, 0.15) is 46.2 Å². The van der Waals surface area contributed by atoms with Crippen molar-refractivity contribution in [2.45, 2.75) is 0 Å². The van der Waals surface area contributed by atoms with E-state index in [1.165, 1.54) is 48.9 Å². The predicted octanol–water partition coefficient (Wildman–Crippen LogP) is 18.1. The molecule has 0 amide bonds. The third kappa shape index (κ3) is 20.1. The van der Waals surface area contributed by atoms with Crippen LogP contribution in [-0.2, 0) is 4.57 Å². The number of halogens is 8. The van der Waals surface area contributed by atoms with Crippen molar-refractivity contribution in [3.05, 3.63) is 356 Å². The topological polar surface area (TPSA) is 414 Å². The number of hydrogen-bond acceptors (Lipinski definition) is 27. The molecule has 0 atom stereocenters. The largest absolute Gasteiger partial charge is 0.619 e. The van der Waals surface area contributed by atoms with Gasteiger partial charge in [0.05, 0.1) is 64.5 Å². The van der Waals surface area contributed by atoms with Crippen LogP contribution in [0.15, 0.2) is 317 Å². The fourth-order valence-electron chi connectivity index (χ4n) is 13.7. The monoisotopic (exact) mass is 1820 g/mol. The standard InChI is InChI=1S/C21H13FN6.C21H12FN5O.C21H12FN5.C14H10BFN2O2.C7H4ClN3.C7H5N3O.Cl3OP/c22-17-6-2-1-4-14(17)18-10-15(13-5-3-8-25-21(13)27-18)19-12-7-9-24-20(23)16(12)11-26-28-19;22-18-6-2-1-4-16(18)19-10-17(15-5-3-8-23-21(15)25-19)20-14-7-9-27(28)12-13(14)11-24-26-20;22-18-6-2-1-4-16(18)19-10-17(15-5-3-8-24-21(15)26-19)20-14-7-9-23-11-13(14)12-25-27-20;16-12-6-2-1-4-10(12)13-8-11(15(19)20)9-5-3-7-17-14(9)18-13;8-7-6-1-2-9-3-5(6)4-10-11-7;11-7-6-1-2-8-3-5(6)4-9-10-7;1-5(2,3)4/h1-11H,(H2,23,24);1-12H;1-12H;1-8,19-20H;1-4H;1-4H,(H,10,11);. The van der Waals surface area contributed by atoms with Crippen LogP contribution in [0.3, 0.4) is 0 Å². The van der Waals surface area contributed by atoms with Gasteiger partial charge in [-0.25, -0.2) is 67.5 Å². The molecule has 0 spiro atoms. The van der Waals surface area contributed by atoms with E-state index in [4.69, 9.17) is 17.3 Å². The van der Waals surface area contributed by atoms with Crippen molar-refractivity contribution in [1.82, 2.24) is 111 Å². The number of aromatic amines is 1. The van der Waals surface area contributed by atoms with Gasteiger partial charge >= 0.3 is 12.3 Å². The van der Waals surface area contributed by atoms with Gasteiger partial charge in [-0.2, -0.15) is 30.2 Å². The molecule has 0 aliphatic heterocycles. The van der Waals surface area contributed by atoms with E-state index in [0.717, 1.165) is 70.6 Å². The number of nitrogens with zero attached hydrogens (tertiary/aromatic N) is 22. The first-order valence-electron chi connectivity index (χ1n) is 38.5. The summed E-state index contributed by atoms with van der Waals surface area (Å²) in [5, 5.41) is 77.2. The Morgan fingerprint density at radius 3 is 1.19 bits per heavy atom. The molecule has 0 aliphatic rings. The number of nitrogens with one attached hydrogen (secondary N) is 1. The van der Waals surface area contributed by atoms with Gasteiger partial charge in [0.2, 0.25) is 0 Å². The quantitative estimate of drug-likeness (QED) is 0.0361. The number of nitrogen functional groups attached to an aromatic ring is 1. The maximum atomic E-state index is 14.4. The highest BCUT2D eigenvalue weighted by atomic mass is 36.0. The number of pyridine rings is 13. The summed E-state index contributed by atoms with van der Waals surface area (Å²) in [5.41, 5.74) is 15.3. The lowest BCUT2D eigenvalue weighted by Crippen LogP contribution is -2.31. The van der Waals surface area contributed by atoms with Gasteiger partial charge < -0.3 is 21.0 Å². The Morgan fingerprint density at radius 2 is 0.746 bits per heavy atom. The highest BCUT2D eigenvalue weighted by molar-refractivity contribution is 8.24. The molecule has 0 bridgehead atoms. The minimum Gasteiger partial charge on any atom is -0.619 e. The van der Waals surface area contributed by atoms with Crippen LogP contribution in [-0.4, -0.2) is 128 Å². The van der Waals surface area contributed by atoms with E-state index >= 15 is 0 Å². The van der Waals surface area contributed by atoms with Crippen LogP contribution in [0.2, 0.25) is 5.15 Å². The van der Waals surface area contributed by atoms with Gasteiger partial charge in [-0.05, 0) is 179 Å². The Labute approximate surface area is 750 Å². The predicted molar refractivity (Wildman–Crippen MR) is 492 cm³/mol. The van der Waals surface area contributed by atoms with Gasteiger partial charge in [-0.3, -0.25) is 24.3 Å². The second-order valence-corrected chi connectivity index (χ2v) is 34.6. The summed E-state index contributed by atoms with van der Waals surface area (Å²) in [7, 11) is -1.67. The summed E-state index contributed by atoms with van der Waals surface area (Å²) in [6, 6.07) is 56.1. The van der Waals surface area contributed by atoms with Crippen LogP contribution in [0.1, 0.15) is 0 Å². The van der Waals surface area contributed by atoms with Gasteiger partial charge in [0.15, 0.2) is 40.1 Å². The number of hydrogen-bond donors (Lipinski definition) is 4. The molecular weight excluding hydrogens is 1770 g/mol. The van der Waals surface area contributed by atoms with Gasteiger partial charge in [0.25, 0.3) is 5.56 Å². The van der Waals surface area contributed by atoms with E-state index < -0.39 is 18.1 Å². The molecule has 22 aromatic rings. The van der Waals surface area contributed by atoms with E-state index in [-0.39, 0.29) is 28.5 Å². The lowest BCUT2D eigenvalue weighted by atomic mass is 9.78. The van der Waals surface area contributed by atoms with Crippen LogP contribution in [0.4, 0.5) is 23.4 Å². The molecule has 0 saturated carbocycles. The number of nitrogens with two attached hydrogens (primary N) is 1. The van der Waals surface area contributed by atoms with E-state index in [0.29, 0.717) is 122 Å². The summed E-state index contributed by atoms with van der Waals surface area (Å²) in [5.74, 6) is -1.10. The second-order valence-electron chi connectivity index (χ2n) is 27.6. The maximum absolute atomic E-state index is 14.4. The smallest absolute Gasteiger partial charge is 0.489 e. The molecular formula is C91H56BCl4F4N24O5P. The minimum absolute atomic E-state index is 0.176. The molecule has 4 aromatic carbocycles. The Balaban J connectivity index is 0.000000116. The zero-order valence-corrected chi connectivity index (χ0v) is 70.4. The number of anilines is 1. The highest BCUT2D eigenvalue weighted by Gasteiger charge is 2.23. The number of aromatic nitrogens is 23. The summed E-state index contributed by atoms with van der Waals surface area (Å²) in [6.07, 6.45) is 29.0. The first kappa shape index (κ1) is 87.5. The molecule has 18 aromatic heterocycles. The normalized spacial score (nSPS) is 11.0. The van der Waals surface area contributed by atoms with Crippen LogP contribution < -0.4 is 21.5 Å². The van der Waals surface area contributed by atoms with Crippen molar-refractivity contribution in [3.8, 4) is 78.8 Å². The van der Waals surface area contributed by atoms with E-state index in [2.05, 4.69) is 145 Å². The average Bonchev–Trinajstić information content (AvgIpc) is 0.766. The maximum Gasteiger partial charge on any atom is 0.489 e. The van der Waals surface area contributed by atoms with Crippen molar-refractivity contribution in [2.24, 2.45) is 0 Å². The Bertz CT molecular complexity index is 8100. The third-order valence-corrected chi connectivity index (χ3v) is 19.8. The van der Waals surface area contributed by atoms with Crippen LogP contribution in [0.25, 0.3) is 177 Å². The fourth-order valence-corrected chi connectivity index (χ4v) is 13.9. The van der Waals surface area contributed by atoms with Gasteiger partial charge in [-0.1, -0.05) is 66.2 Å². The lowest BCUT2D eigenvalue weighted by Gasteiger charge is -2.11. The van der Waals surface area contributed by atoms with Crippen molar-refractivity contribution < 1.29 is 36.9 Å². The number of H-pyrrole nitrogens is 1. The molecule has 5 N–H and O–H groups in total. The number of fused-ring (bicyclic) bond motifs is 9. The summed E-state index contributed by atoms with van der Waals surface area (Å²) in [4.78, 5) is 62.2. The molecule has 18 heterocycles. The molecule has 0 unspecified atom stereocenters. The Kier molecular flexibility index (Phi) is 26.7. The Morgan fingerprint density at radius 1 is 0.377 bits per heavy atom. The average molecular weight is 1830 g/mol. The third-order valence-electron chi connectivity index (χ3n) is 19.6. The van der Waals surface area contributed by atoms with Crippen LogP contribution in [0, 0.1) is 28.5 Å². The molecule has 130 heavy (non-hydrogen) atoms. The fraction of sp³-hybridized carbons (Fsp3) is 0. The summed E-state index contributed by atoms with van der Waals surface area (Å²) >= 11 is 19.6. The Hall–Kier alpha value is -15.9. The summed E-state index contributed by atoms with van der Waals surface area (Å²) < 4.78 is 67.2. The lowest BCUT2D eigenvalue weighted by molar-refractivity contribution is -0.603. The molecule has 634 valence electrons. The highest BCUT2D eigenvalue weighted by Crippen LogP contribution is 2.61. The van der Waals surface area contributed by atoms with E-state index in [1.807, 2.05) is 60.7 Å². The van der Waals surface area contributed by atoms with Crippen LogP contribution >= 0.6 is 50.5 Å². The van der Waals surface area contributed by atoms with Crippen molar-refractivity contribution >= 4 is 167 Å². The molecule has 22 rings (SSSR count). The molecule has 0 fully saturated rings. The zero-order valence-electron chi connectivity index (χ0n) is 66.5. The molecule has 0 saturated heterocycles. The van der Waals surface area contributed by atoms with Gasteiger partial charge in [-0.15, -0.1) is 20.4 Å². The van der Waals surface area contributed by atoms with Crippen molar-refractivity contribution in [3.63, 3.8) is 0 Å². The molecule has 39 heteroatoms. The molecule has 0 radical (unpaired) electrons. The van der Waals surface area contributed by atoms with E-state index in [1.54, 1.807) is 202 Å². The minimum atomic E-state index is -3.22. The molecule has 29 nitrogen and oxygen atoms in total. The van der Waals surface area contributed by atoms with Crippen molar-refractivity contribution in [1.29, 1.82) is 0 Å².